The van der Waals surface area contributed by atoms with Crippen molar-refractivity contribution in [2.24, 2.45) is 0 Å². The first-order chi connectivity index (χ1) is 20.2. The minimum atomic E-state index is -0.218. The summed E-state index contributed by atoms with van der Waals surface area (Å²) in [5, 5.41) is 9.93. The van der Waals surface area contributed by atoms with Gasteiger partial charge >= 0.3 is 0 Å². The van der Waals surface area contributed by atoms with Gasteiger partial charge in [0.15, 0.2) is 0 Å². The van der Waals surface area contributed by atoms with Crippen molar-refractivity contribution in [3.63, 3.8) is 0 Å². The zero-order chi connectivity index (χ0) is 29.9. The van der Waals surface area contributed by atoms with Gasteiger partial charge in [-0.25, -0.2) is 0 Å². The van der Waals surface area contributed by atoms with E-state index in [9.17, 15) is 5.11 Å². The number of unbranched alkanes of at least 4 members (excludes halogenated alkanes) is 18. The van der Waals surface area contributed by atoms with Crippen molar-refractivity contribution >= 4 is 0 Å². The molecule has 2 heteroatoms. The second-order valence-electron chi connectivity index (χ2n) is 12.3. The standard InChI is InChI=1S/C39H73NO/c1-4-6-8-10-12-14-16-18-20-22-24-26-28-30-32-34-36-40(38-39(3)41)37-35-33-31-29-27-25-23-21-19-17-15-13-11-9-7-5-2/h12-15,18-21,39,41H,4-11,16-17,22-38H2,1-3H3. The van der Waals surface area contributed by atoms with Crippen LogP contribution in [0.2, 0.25) is 0 Å². The normalized spacial score (nSPS) is 13.3. The Morgan fingerprint density at radius 3 is 1.10 bits per heavy atom. The molecule has 2 nitrogen and oxygen atoms in total. The van der Waals surface area contributed by atoms with Crippen LogP contribution in [0.15, 0.2) is 48.6 Å². The molecule has 0 bridgehead atoms. The Morgan fingerprint density at radius 1 is 0.439 bits per heavy atom. The molecule has 1 atom stereocenters. The largest absolute Gasteiger partial charge is 0.392 e. The highest BCUT2D eigenvalue weighted by molar-refractivity contribution is 4.93. The molecule has 0 fully saturated rings. The van der Waals surface area contributed by atoms with Crippen molar-refractivity contribution in [3.05, 3.63) is 48.6 Å². The highest BCUT2D eigenvalue weighted by atomic mass is 16.3. The van der Waals surface area contributed by atoms with Crippen LogP contribution >= 0.6 is 0 Å². The fourth-order valence-electron chi connectivity index (χ4n) is 5.32. The molecule has 0 amide bonds. The van der Waals surface area contributed by atoms with Crippen molar-refractivity contribution in [2.45, 2.75) is 181 Å². The third-order valence-electron chi connectivity index (χ3n) is 7.87. The van der Waals surface area contributed by atoms with Crippen LogP contribution < -0.4 is 0 Å². The number of rotatable bonds is 32. The maximum Gasteiger partial charge on any atom is 0.0639 e. The van der Waals surface area contributed by atoms with E-state index in [1.165, 1.54) is 141 Å². The maximum absolute atomic E-state index is 9.93. The minimum absolute atomic E-state index is 0.218. The van der Waals surface area contributed by atoms with E-state index >= 15 is 0 Å². The Labute approximate surface area is 258 Å². The number of aliphatic hydroxyl groups excluding tert-OH is 1. The molecular weight excluding hydrogens is 498 g/mol. The summed E-state index contributed by atoms with van der Waals surface area (Å²) in [4.78, 5) is 2.51. The number of aliphatic hydroxyl groups is 1. The Hall–Kier alpha value is -1.12. The second kappa shape index (κ2) is 35.1. The van der Waals surface area contributed by atoms with Gasteiger partial charge in [-0.15, -0.1) is 0 Å². The van der Waals surface area contributed by atoms with E-state index in [0.717, 1.165) is 32.5 Å². The first kappa shape index (κ1) is 39.9. The molecule has 1 unspecified atom stereocenters. The Morgan fingerprint density at radius 2 is 0.756 bits per heavy atom. The SMILES string of the molecule is CCCCCC=CCC=CCCCCCCCCN(CCCCCCCCC=CCC=CCCCCC)CC(C)O. The number of allylic oxidation sites excluding steroid dienone is 8. The first-order valence-electron chi connectivity index (χ1n) is 18.2. The first-order valence-corrected chi connectivity index (χ1v) is 18.2. The zero-order valence-corrected chi connectivity index (χ0v) is 28.2. The highest BCUT2D eigenvalue weighted by Crippen LogP contribution is 2.12. The van der Waals surface area contributed by atoms with Gasteiger partial charge in [-0.05, 0) is 97.1 Å². The van der Waals surface area contributed by atoms with Crippen molar-refractivity contribution < 1.29 is 5.11 Å². The van der Waals surface area contributed by atoms with Crippen molar-refractivity contribution in [3.8, 4) is 0 Å². The highest BCUT2D eigenvalue weighted by Gasteiger charge is 2.07. The molecule has 0 saturated carbocycles. The van der Waals surface area contributed by atoms with Crippen LogP contribution in [0, 0.1) is 0 Å². The van der Waals surface area contributed by atoms with Gasteiger partial charge in [0, 0.05) is 6.54 Å². The van der Waals surface area contributed by atoms with Crippen LogP contribution in [0.5, 0.6) is 0 Å². The van der Waals surface area contributed by atoms with Crippen LogP contribution in [0.4, 0.5) is 0 Å². The third-order valence-corrected chi connectivity index (χ3v) is 7.87. The summed E-state index contributed by atoms with van der Waals surface area (Å²) >= 11 is 0. The van der Waals surface area contributed by atoms with Gasteiger partial charge in [-0.1, -0.05) is 140 Å². The van der Waals surface area contributed by atoms with Gasteiger partial charge in [0.1, 0.15) is 0 Å². The van der Waals surface area contributed by atoms with E-state index in [-0.39, 0.29) is 6.10 Å². The fourth-order valence-corrected chi connectivity index (χ4v) is 5.32. The molecule has 0 saturated heterocycles. The second-order valence-corrected chi connectivity index (χ2v) is 12.3. The lowest BCUT2D eigenvalue weighted by molar-refractivity contribution is 0.123. The summed E-state index contributed by atoms with van der Waals surface area (Å²) in [5.74, 6) is 0. The quantitative estimate of drug-likeness (QED) is 0.0641. The van der Waals surface area contributed by atoms with E-state index in [4.69, 9.17) is 0 Å². The molecule has 240 valence electrons. The van der Waals surface area contributed by atoms with Crippen LogP contribution in [0.3, 0.4) is 0 Å². The van der Waals surface area contributed by atoms with Crippen molar-refractivity contribution in [1.82, 2.24) is 4.90 Å². The molecule has 0 radical (unpaired) electrons. The molecule has 0 aromatic carbocycles. The predicted molar refractivity (Wildman–Crippen MR) is 187 cm³/mol. The van der Waals surface area contributed by atoms with Gasteiger partial charge in [-0.2, -0.15) is 0 Å². The summed E-state index contributed by atoms with van der Waals surface area (Å²) < 4.78 is 0. The molecule has 0 aromatic heterocycles. The van der Waals surface area contributed by atoms with Crippen molar-refractivity contribution in [1.29, 1.82) is 0 Å². The smallest absolute Gasteiger partial charge is 0.0639 e. The average Bonchev–Trinajstić information content (AvgIpc) is 2.96. The lowest BCUT2D eigenvalue weighted by Crippen LogP contribution is -2.32. The molecule has 1 N–H and O–H groups in total. The third kappa shape index (κ3) is 35.0. The summed E-state index contributed by atoms with van der Waals surface area (Å²) in [6.07, 6.45) is 49.8. The van der Waals surface area contributed by atoms with Crippen molar-refractivity contribution in [2.75, 3.05) is 19.6 Å². The molecule has 0 aliphatic rings. The monoisotopic (exact) mass is 572 g/mol. The summed E-state index contributed by atoms with van der Waals surface area (Å²) in [7, 11) is 0. The molecule has 0 rings (SSSR count). The summed E-state index contributed by atoms with van der Waals surface area (Å²) in [6, 6.07) is 0. The number of hydrogen-bond donors (Lipinski definition) is 1. The maximum atomic E-state index is 9.93. The van der Waals surface area contributed by atoms with E-state index in [1.54, 1.807) is 0 Å². The van der Waals surface area contributed by atoms with E-state index in [1.807, 2.05) is 6.92 Å². The van der Waals surface area contributed by atoms with Crippen LogP contribution in [0.25, 0.3) is 0 Å². The Bertz CT molecular complexity index is 555. The molecule has 0 aliphatic carbocycles. The fraction of sp³-hybridized carbons (Fsp3) is 0.795. The van der Waals surface area contributed by atoms with Gasteiger partial charge in [0.25, 0.3) is 0 Å². The topological polar surface area (TPSA) is 23.5 Å². The molecule has 0 spiro atoms. The zero-order valence-electron chi connectivity index (χ0n) is 28.2. The van der Waals surface area contributed by atoms with Gasteiger partial charge < -0.3 is 10.0 Å². The number of nitrogens with zero attached hydrogens (tertiary/aromatic N) is 1. The van der Waals surface area contributed by atoms with Crippen LogP contribution in [0.1, 0.15) is 175 Å². The molecule has 41 heavy (non-hydrogen) atoms. The molecular formula is C39H73NO. The Kier molecular flexibility index (Phi) is 34.1. The summed E-state index contributed by atoms with van der Waals surface area (Å²) in [6.45, 7) is 9.60. The molecule has 0 heterocycles. The van der Waals surface area contributed by atoms with Crippen LogP contribution in [-0.4, -0.2) is 35.7 Å². The number of hydrogen-bond acceptors (Lipinski definition) is 2. The van der Waals surface area contributed by atoms with E-state index in [2.05, 4.69) is 67.4 Å². The Balaban J connectivity index is 3.62. The van der Waals surface area contributed by atoms with E-state index in [0.29, 0.717) is 0 Å². The average molecular weight is 572 g/mol. The molecule has 0 aromatic rings. The lowest BCUT2D eigenvalue weighted by Gasteiger charge is -2.23. The van der Waals surface area contributed by atoms with Crippen LogP contribution in [-0.2, 0) is 0 Å². The molecule has 0 aliphatic heterocycles. The van der Waals surface area contributed by atoms with Gasteiger partial charge in [0.05, 0.1) is 6.10 Å². The van der Waals surface area contributed by atoms with E-state index < -0.39 is 0 Å². The summed E-state index contributed by atoms with van der Waals surface area (Å²) in [5.41, 5.74) is 0. The van der Waals surface area contributed by atoms with Gasteiger partial charge in [-0.3, -0.25) is 0 Å². The predicted octanol–water partition coefficient (Wildman–Crippen LogP) is 12.3. The minimum Gasteiger partial charge on any atom is -0.392 e. The lowest BCUT2D eigenvalue weighted by atomic mass is 10.1. The van der Waals surface area contributed by atoms with Gasteiger partial charge in [0.2, 0.25) is 0 Å².